The van der Waals surface area contributed by atoms with E-state index in [1.54, 1.807) is 14.2 Å². The molecule has 1 saturated carbocycles. The van der Waals surface area contributed by atoms with Crippen molar-refractivity contribution in [2.45, 2.75) is 12.3 Å². The molecule has 1 N–H and O–H groups in total. The molecule has 0 aromatic heterocycles. The molecule has 1 aliphatic rings. The van der Waals surface area contributed by atoms with Gasteiger partial charge in [-0.15, -0.1) is 0 Å². The molecule has 88 valence electrons. The normalized spacial score (nSPS) is 22.9. The van der Waals surface area contributed by atoms with Crippen molar-refractivity contribution in [3.05, 3.63) is 23.8 Å². The van der Waals surface area contributed by atoms with E-state index in [-0.39, 0.29) is 0 Å². The summed E-state index contributed by atoms with van der Waals surface area (Å²) in [5.41, 5.74) is 1.36. The minimum absolute atomic E-state index is 0.687. The van der Waals surface area contributed by atoms with Gasteiger partial charge in [-0.2, -0.15) is 0 Å². The van der Waals surface area contributed by atoms with Crippen molar-refractivity contribution in [1.82, 2.24) is 5.32 Å². The minimum atomic E-state index is 0.687. The summed E-state index contributed by atoms with van der Waals surface area (Å²) in [7, 11) is 5.35. The van der Waals surface area contributed by atoms with E-state index in [1.807, 2.05) is 13.1 Å². The average molecular weight is 221 g/mol. The lowest BCUT2D eigenvalue weighted by atomic mass is 10.1. The maximum Gasteiger partial charge on any atom is 0.160 e. The summed E-state index contributed by atoms with van der Waals surface area (Å²) >= 11 is 0. The van der Waals surface area contributed by atoms with Crippen molar-refractivity contribution in [2.24, 2.45) is 5.92 Å². The van der Waals surface area contributed by atoms with Gasteiger partial charge < -0.3 is 14.8 Å². The second-order valence-corrected chi connectivity index (χ2v) is 4.27. The lowest BCUT2D eigenvalue weighted by Crippen LogP contribution is -2.10. The van der Waals surface area contributed by atoms with Crippen molar-refractivity contribution in [3.63, 3.8) is 0 Å². The van der Waals surface area contributed by atoms with E-state index < -0.39 is 0 Å². The van der Waals surface area contributed by atoms with Crippen LogP contribution >= 0.6 is 0 Å². The first kappa shape index (κ1) is 11.3. The molecule has 1 aromatic carbocycles. The van der Waals surface area contributed by atoms with Crippen molar-refractivity contribution in [3.8, 4) is 11.5 Å². The van der Waals surface area contributed by atoms with Gasteiger partial charge in [0.05, 0.1) is 14.2 Å². The van der Waals surface area contributed by atoms with E-state index >= 15 is 0 Å². The number of hydrogen-bond donors (Lipinski definition) is 1. The highest BCUT2D eigenvalue weighted by molar-refractivity contribution is 5.45. The monoisotopic (exact) mass is 221 g/mol. The zero-order chi connectivity index (χ0) is 11.5. The third kappa shape index (κ3) is 2.14. The van der Waals surface area contributed by atoms with Gasteiger partial charge in [0.2, 0.25) is 0 Å². The van der Waals surface area contributed by atoms with Crippen molar-refractivity contribution < 1.29 is 9.47 Å². The zero-order valence-electron chi connectivity index (χ0n) is 10.1. The highest BCUT2D eigenvalue weighted by Gasteiger charge is 2.37. The Hall–Kier alpha value is -1.22. The summed E-state index contributed by atoms with van der Waals surface area (Å²) in [6.45, 7) is 1.10. The van der Waals surface area contributed by atoms with Crippen molar-refractivity contribution in [1.29, 1.82) is 0 Å². The third-order valence-corrected chi connectivity index (χ3v) is 3.22. The highest BCUT2D eigenvalue weighted by atomic mass is 16.5. The Bertz CT molecular complexity index is 365. The number of nitrogens with one attached hydrogen (secondary N) is 1. The molecule has 0 bridgehead atoms. The number of hydrogen-bond acceptors (Lipinski definition) is 3. The second kappa shape index (κ2) is 4.74. The van der Waals surface area contributed by atoms with Gasteiger partial charge in [-0.05, 0) is 49.5 Å². The molecule has 0 amide bonds. The maximum absolute atomic E-state index is 5.31. The summed E-state index contributed by atoms with van der Waals surface area (Å²) in [4.78, 5) is 0. The van der Waals surface area contributed by atoms with E-state index in [4.69, 9.17) is 9.47 Å². The fourth-order valence-electron chi connectivity index (χ4n) is 2.23. The fraction of sp³-hybridized carbons (Fsp3) is 0.538. The smallest absolute Gasteiger partial charge is 0.160 e. The van der Waals surface area contributed by atoms with Gasteiger partial charge in [0.15, 0.2) is 11.5 Å². The van der Waals surface area contributed by atoms with E-state index in [0.29, 0.717) is 5.92 Å². The van der Waals surface area contributed by atoms with E-state index in [2.05, 4.69) is 17.4 Å². The summed E-state index contributed by atoms with van der Waals surface area (Å²) in [6, 6.07) is 6.23. The number of benzene rings is 1. The Kier molecular flexibility index (Phi) is 3.34. The van der Waals surface area contributed by atoms with Gasteiger partial charge in [-0.3, -0.25) is 0 Å². The standard InChI is InChI=1S/C13H19NO2/c1-14-8-10-6-11(10)9-4-5-12(15-2)13(7-9)16-3/h4-5,7,10-11,14H,6,8H2,1-3H3/t10-,11+/m1/s1. The largest absolute Gasteiger partial charge is 0.493 e. The first-order valence-corrected chi connectivity index (χ1v) is 5.66. The Balaban J connectivity index is 2.12. The third-order valence-electron chi connectivity index (χ3n) is 3.22. The molecule has 3 heteroatoms. The molecule has 0 saturated heterocycles. The summed E-state index contributed by atoms with van der Waals surface area (Å²) in [6.07, 6.45) is 1.27. The van der Waals surface area contributed by atoms with Crippen LogP contribution in [0.1, 0.15) is 17.9 Å². The summed E-state index contributed by atoms with van der Waals surface area (Å²) in [5.74, 6) is 3.10. The number of methoxy groups -OCH3 is 2. The van der Waals surface area contributed by atoms with Crippen LogP contribution in [0.3, 0.4) is 0 Å². The Labute approximate surface area is 96.8 Å². The van der Waals surface area contributed by atoms with Gasteiger partial charge in [0.25, 0.3) is 0 Å². The van der Waals surface area contributed by atoms with Gasteiger partial charge >= 0.3 is 0 Å². The van der Waals surface area contributed by atoms with Gasteiger partial charge in [0, 0.05) is 0 Å². The van der Waals surface area contributed by atoms with Crippen LogP contribution in [0.15, 0.2) is 18.2 Å². The molecule has 0 unspecified atom stereocenters. The number of ether oxygens (including phenoxy) is 2. The van der Waals surface area contributed by atoms with Gasteiger partial charge in [0.1, 0.15) is 0 Å². The molecule has 0 spiro atoms. The fourth-order valence-corrected chi connectivity index (χ4v) is 2.23. The van der Waals surface area contributed by atoms with Gasteiger partial charge in [-0.1, -0.05) is 6.07 Å². The van der Waals surface area contributed by atoms with Crippen LogP contribution < -0.4 is 14.8 Å². The van der Waals surface area contributed by atoms with Crippen LogP contribution in [0.4, 0.5) is 0 Å². The van der Waals surface area contributed by atoms with E-state index in [0.717, 1.165) is 24.0 Å². The SMILES string of the molecule is CNC[C@H]1C[C@H]1c1ccc(OC)c(OC)c1. The van der Waals surface area contributed by atoms with E-state index in [1.165, 1.54) is 12.0 Å². The molecule has 2 atom stereocenters. The number of rotatable bonds is 5. The van der Waals surface area contributed by atoms with Crippen LogP contribution in [0.5, 0.6) is 11.5 Å². The van der Waals surface area contributed by atoms with Gasteiger partial charge in [-0.25, -0.2) is 0 Å². The highest BCUT2D eigenvalue weighted by Crippen LogP contribution is 2.48. The van der Waals surface area contributed by atoms with Crippen LogP contribution in [-0.2, 0) is 0 Å². The van der Waals surface area contributed by atoms with E-state index in [9.17, 15) is 0 Å². The topological polar surface area (TPSA) is 30.5 Å². The Morgan fingerprint density at radius 1 is 1.25 bits per heavy atom. The van der Waals surface area contributed by atoms with Crippen molar-refractivity contribution >= 4 is 0 Å². The first-order chi connectivity index (χ1) is 7.80. The molecule has 1 aromatic rings. The summed E-state index contributed by atoms with van der Waals surface area (Å²) in [5, 5.41) is 3.22. The quantitative estimate of drug-likeness (QED) is 0.825. The van der Waals surface area contributed by atoms with Crippen LogP contribution in [-0.4, -0.2) is 27.8 Å². The molecule has 0 aliphatic heterocycles. The minimum Gasteiger partial charge on any atom is -0.493 e. The Morgan fingerprint density at radius 3 is 2.62 bits per heavy atom. The lowest BCUT2D eigenvalue weighted by molar-refractivity contribution is 0.354. The molecule has 1 aliphatic carbocycles. The van der Waals surface area contributed by atoms with Crippen LogP contribution in [0, 0.1) is 5.92 Å². The molecule has 3 nitrogen and oxygen atoms in total. The van der Waals surface area contributed by atoms with Crippen LogP contribution in [0.25, 0.3) is 0 Å². The molecular weight excluding hydrogens is 202 g/mol. The maximum atomic E-state index is 5.31. The zero-order valence-corrected chi connectivity index (χ0v) is 10.1. The molecule has 0 radical (unpaired) electrons. The average Bonchev–Trinajstić information content (AvgIpc) is 3.08. The molecule has 1 fully saturated rings. The first-order valence-electron chi connectivity index (χ1n) is 5.66. The summed E-state index contributed by atoms with van der Waals surface area (Å²) < 4.78 is 10.5. The predicted octanol–water partition coefficient (Wildman–Crippen LogP) is 2.03. The predicted molar refractivity (Wildman–Crippen MR) is 64.3 cm³/mol. The second-order valence-electron chi connectivity index (χ2n) is 4.27. The molecule has 0 heterocycles. The lowest BCUT2D eigenvalue weighted by Gasteiger charge is -2.09. The van der Waals surface area contributed by atoms with Crippen LogP contribution in [0.2, 0.25) is 0 Å². The molecule has 2 rings (SSSR count). The molecule has 16 heavy (non-hydrogen) atoms. The Morgan fingerprint density at radius 2 is 2.00 bits per heavy atom. The van der Waals surface area contributed by atoms with Crippen molar-refractivity contribution in [2.75, 3.05) is 27.8 Å². The molecular formula is C13H19NO2.